The Morgan fingerprint density at radius 3 is 1.17 bits per heavy atom. The fourth-order valence-corrected chi connectivity index (χ4v) is 7.96. The number of carbonyl (C=O) groups is 3. The molecule has 2 N–H and O–H groups in total. The Morgan fingerprint density at radius 1 is 0.403 bits per heavy atom. The van der Waals surface area contributed by atoms with Crippen molar-refractivity contribution < 1.29 is 52.2 Å². The highest BCUT2D eigenvalue weighted by molar-refractivity contribution is 7.47. The van der Waals surface area contributed by atoms with Gasteiger partial charge in [-0.3, -0.25) is 23.4 Å². The van der Waals surface area contributed by atoms with Crippen molar-refractivity contribution in [2.75, 3.05) is 26.4 Å². The van der Waals surface area contributed by atoms with Crippen LogP contribution in [0.3, 0.4) is 0 Å². The SMILES string of the molecule is CC/C=C\C/C=C\C/C=C\C/C=C\CCCCCCC(=O)OC(COC(=O)CCCCCCC/C=C\C/C=C\CCCCC)COP(=O)(O)OCC(CO)OC(=O)CCCCCCC/C=C\C/C=C\CCC. The molecule has 0 amide bonds. The van der Waals surface area contributed by atoms with Gasteiger partial charge in [0.05, 0.1) is 19.8 Å². The molecule has 0 aliphatic carbocycles. The summed E-state index contributed by atoms with van der Waals surface area (Å²) >= 11 is 0. The van der Waals surface area contributed by atoms with Crippen LogP contribution < -0.4 is 0 Å². The van der Waals surface area contributed by atoms with Crippen molar-refractivity contribution in [1.29, 1.82) is 0 Å². The van der Waals surface area contributed by atoms with E-state index < -0.39 is 57.8 Å². The van der Waals surface area contributed by atoms with Crippen molar-refractivity contribution in [2.24, 2.45) is 0 Å². The van der Waals surface area contributed by atoms with Gasteiger partial charge < -0.3 is 24.2 Å². The highest BCUT2D eigenvalue weighted by Gasteiger charge is 2.28. The minimum atomic E-state index is -4.76. The van der Waals surface area contributed by atoms with Crippen LogP contribution in [0.1, 0.15) is 226 Å². The number of carbonyl (C=O) groups excluding carboxylic acids is 3. The molecular formula is C60H101O11P. The average Bonchev–Trinajstić information content (AvgIpc) is 3.37. The lowest BCUT2D eigenvalue weighted by Gasteiger charge is -2.21. The number of hydrogen-bond acceptors (Lipinski definition) is 10. The van der Waals surface area contributed by atoms with Crippen LogP contribution in [-0.2, 0) is 42.2 Å². The second kappa shape index (κ2) is 53.7. The lowest BCUT2D eigenvalue weighted by Crippen LogP contribution is -2.30. The summed E-state index contributed by atoms with van der Waals surface area (Å²) in [6, 6.07) is 0. The van der Waals surface area contributed by atoms with E-state index in [0.29, 0.717) is 19.3 Å². The van der Waals surface area contributed by atoms with Crippen LogP contribution in [0.15, 0.2) is 97.2 Å². The van der Waals surface area contributed by atoms with Crippen molar-refractivity contribution in [3.63, 3.8) is 0 Å². The first kappa shape index (κ1) is 68.4. The molecule has 0 aliphatic rings. The summed E-state index contributed by atoms with van der Waals surface area (Å²) in [5.74, 6) is -1.53. The molecular weight excluding hydrogens is 928 g/mol. The third-order valence-corrected chi connectivity index (χ3v) is 12.4. The number of aliphatic hydroxyl groups excluding tert-OH is 1. The third-order valence-electron chi connectivity index (χ3n) is 11.4. The van der Waals surface area contributed by atoms with Gasteiger partial charge in [0, 0.05) is 19.3 Å². The Labute approximate surface area is 438 Å². The average molecular weight is 1030 g/mol. The standard InChI is InChI=1S/C60H101O11P/c1-4-7-10-13-16-19-22-25-27-28-30-33-36-39-42-45-48-51-60(64)71-57(53-67-58(62)49-46-43-40-37-34-32-29-26-23-20-17-14-11-8-5-2)55-69-72(65,66)68-54-56(52-61)70-59(63)50-47-44-41-38-35-31-24-21-18-15-12-9-6-3/h7,10,12,15-17,19-21,24-27,29-30,33,56-57,61H,4-6,8-9,11,13-14,18,22-23,28,31-32,34-55H2,1-3H3,(H,65,66)/b10-7-,15-12-,19-16-,20-17-,24-21-,27-25-,29-26-,33-30-. The molecule has 3 unspecified atom stereocenters. The first-order valence-corrected chi connectivity index (χ1v) is 29.6. The van der Waals surface area contributed by atoms with Crippen LogP contribution >= 0.6 is 7.82 Å². The van der Waals surface area contributed by atoms with E-state index in [0.717, 1.165) is 148 Å². The molecule has 12 heteroatoms. The number of ether oxygens (including phenoxy) is 3. The van der Waals surface area contributed by atoms with Crippen molar-refractivity contribution in [1.82, 2.24) is 0 Å². The topological polar surface area (TPSA) is 155 Å². The Morgan fingerprint density at radius 2 is 0.750 bits per heavy atom. The number of hydrogen-bond donors (Lipinski definition) is 2. The van der Waals surface area contributed by atoms with Crippen LogP contribution in [0.4, 0.5) is 0 Å². The number of phosphoric ester groups is 1. The summed E-state index contributed by atoms with van der Waals surface area (Å²) in [7, 11) is -4.76. The molecule has 3 atom stereocenters. The monoisotopic (exact) mass is 1030 g/mol. The van der Waals surface area contributed by atoms with E-state index >= 15 is 0 Å². The molecule has 0 aliphatic heterocycles. The fourth-order valence-electron chi connectivity index (χ4n) is 7.18. The molecule has 0 heterocycles. The normalized spacial score (nSPS) is 14.1. The minimum Gasteiger partial charge on any atom is -0.462 e. The Kier molecular flexibility index (Phi) is 51.0. The smallest absolute Gasteiger partial charge is 0.462 e. The maximum absolute atomic E-state index is 12.9. The first-order valence-electron chi connectivity index (χ1n) is 28.1. The Bertz CT molecular complexity index is 1580. The maximum Gasteiger partial charge on any atom is 0.472 e. The van der Waals surface area contributed by atoms with E-state index in [2.05, 4.69) is 118 Å². The van der Waals surface area contributed by atoms with Crippen molar-refractivity contribution >= 4 is 25.7 Å². The maximum atomic E-state index is 12.9. The molecule has 0 aromatic heterocycles. The van der Waals surface area contributed by atoms with Gasteiger partial charge in [0.1, 0.15) is 12.7 Å². The van der Waals surface area contributed by atoms with Crippen LogP contribution in [0.25, 0.3) is 0 Å². The van der Waals surface area contributed by atoms with Gasteiger partial charge in [-0.15, -0.1) is 0 Å². The second-order valence-electron chi connectivity index (χ2n) is 18.4. The number of rotatable bonds is 51. The Balaban J connectivity index is 4.82. The predicted molar refractivity (Wildman–Crippen MR) is 297 cm³/mol. The molecule has 0 fully saturated rings. The predicted octanol–water partition coefficient (Wildman–Crippen LogP) is 16.5. The Hall–Kier alpha value is -3.60. The van der Waals surface area contributed by atoms with Gasteiger partial charge in [-0.2, -0.15) is 0 Å². The van der Waals surface area contributed by atoms with Crippen LogP contribution in [0, 0.1) is 0 Å². The van der Waals surface area contributed by atoms with E-state index in [1.54, 1.807) is 0 Å². The lowest BCUT2D eigenvalue weighted by atomic mass is 10.1. The molecule has 0 rings (SSSR count). The highest BCUT2D eigenvalue weighted by atomic mass is 31.2. The van der Waals surface area contributed by atoms with E-state index in [4.69, 9.17) is 23.3 Å². The third kappa shape index (κ3) is 51.3. The first-order chi connectivity index (χ1) is 35.2. The molecule has 72 heavy (non-hydrogen) atoms. The molecule has 0 spiro atoms. The number of esters is 3. The van der Waals surface area contributed by atoms with Gasteiger partial charge in [-0.25, -0.2) is 4.57 Å². The summed E-state index contributed by atoms with van der Waals surface area (Å²) < 4.78 is 39.4. The van der Waals surface area contributed by atoms with Gasteiger partial charge in [0.25, 0.3) is 0 Å². The summed E-state index contributed by atoms with van der Waals surface area (Å²) in [4.78, 5) is 48.5. The zero-order valence-electron chi connectivity index (χ0n) is 45.4. The van der Waals surface area contributed by atoms with Crippen LogP contribution in [0.2, 0.25) is 0 Å². The minimum absolute atomic E-state index is 0.131. The summed E-state index contributed by atoms with van der Waals surface area (Å²) in [6.45, 7) is 4.37. The van der Waals surface area contributed by atoms with E-state index in [1.807, 2.05) is 0 Å². The van der Waals surface area contributed by atoms with Gasteiger partial charge in [-0.1, -0.05) is 189 Å². The molecule has 11 nitrogen and oxygen atoms in total. The quantitative estimate of drug-likeness (QED) is 0.0197. The van der Waals surface area contributed by atoms with Crippen molar-refractivity contribution in [2.45, 2.75) is 238 Å². The van der Waals surface area contributed by atoms with Gasteiger partial charge in [-0.05, 0) is 116 Å². The van der Waals surface area contributed by atoms with Crippen molar-refractivity contribution in [3.8, 4) is 0 Å². The fraction of sp³-hybridized carbons (Fsp3) is 0.683. The zero-order valence-corrected chi connectivity index (χ0v) is 46.3. The molecule has 0 saturated heterocycles. The van der Waals surface area contributed by atoms with E-state index in [1.165, 1.54) is 19.3 Å². The summed E-state index contributed by atoms with van der Waals surface area (Å²) in [5, 5.41) is 9.80. The van der Waals surface area contributed by atoms with Crippen LogP contribution in [-0.4, -0.2) is 66.5 Å². The number of allylic oxidation sites excluding steroid dienone is 16. The van der Waals surface area contributed by atoms with E-state index in [-0.39, 0.29) is 25.9 Å². The van der Waals surface area contributed by atoms with Gasteiger partial charge >= 0.3 is 25.7 Å². The summed E-state index contributed by atoms with van der Waals surface area (Å²) in [6.07, 6.45) is 62.2. The zero-order chi connectivity index (χ0) is 52.7. The number of unbranched alkanes of at least 4 members (excludes halogenated alkanes) is 18. The molecule has 0 bridgehead atoms. The summed E-state index contributed by atoms with van der Waals surface area (Å²) in [5.41, 5.74) is 0. The second-order valence-corrected chi connectivity index (χ2v) is 19.8. The largest absolute Gasteiger partial charge is 0.472 e. The highest BCUT2D eigenvalue weighted by Crippen LogP contribution is 2.43. The van der Waals surface area contributed by atoms with E-state index in [9.17, 15) is 28.9 Å². The number of phosphoric acid groups is 1. The molecule has 412 valence electrons. The van der Waals surface area contributed by atoms with Crippen LogP contribution in [0.5, 0.6) is 0 Å². The van der Waals surface area contributed by atoms with Gasteiger partial charge in [0.2, 0.25) is 0 Å². The molecule has 0 radical (unpaired) electrons. The van der Waals surface area contributed by atoms with Crippen molar-refractivity contribution in [3.05, 3.63) is 97.2 Å². The molecule has 0 aromatic carbocycles. The number of aliphatic hydroxyl groups is 1. The van der Waals surface area contributed by atoms with Gasteiger partial charge in [0.15, 0.2) is 6.10 Å². The molecule has 0 aromatic rings. The molecule has 0 saturated carbocycles. The lowest BCUT2D eigenvalue weighted by molar-refractivity contribution is -0.161.